The highest BCUT2D eigenvalue weighted by molar-refractivity contribution is 7.86. The van der Waals surface area contributed by atoms with Gasteiger partial charge >= 0.3 is 0 Å². The summed E-state index contributed by atoms with van der Waals surface area (Å²) in [6.45, 7) is 4.40. The van der Waals surface area contributed by atoms with Crippen LogP contribution in [0.2, 0.25) is 0 Å². The molecular formula is C90H76N24O10S. The molecule has 4 aliphatic rings. The van der Waals surface area contributed by atoms with Crippen molar-refractivity contribution in [2.45, 2.75) is 53.0 Å². The number of benzene rings is 6. The molecule has 0 spiro atoms. The van der Waals surface area contributed by atoms with Crippen LogP contribution in [-0.4, -0.2) is 173 Å². The highest BCUT2D eigenvalue weighted by Crippen LogP contribution is 2.44. The monoisotopic (exact) mass is 1680 g/mol. The van der Waals surface area contributed by atoms with Crippen LogP contribution in [0.3, 0.4) is 0 Å². The first-order valence-electron chi connectivity index (χ1n) is 39.3. The standard InChI is InChI=1S/2C28H20N8O2.C28H22N4O5S.C4H8O.CH2N4.CH4/c37-27-25(21-15-34(12-13-35-17-30-32-33-35)23-9-3-1-7-19(21)23)26(28(38)31-27)22-16-36(18-6-5-11-29-14-18)24-10-4-2-8-20(22)24;37-27-25(21-15-34(12-13-36-31-17-30-33-36)23-9-3-1-7-19(21)23)26(28(38)32-27)22-16-35(18-6-5-11-29-14-18)24-10-4-2-8-20(22)24;1-38(35,36)37-14-13-31-16-21(19-8-2-4-10-23(19)31)25-26(28(34)30-27(25)33)22-17-32(18-7-6-12-29-15-18)24-11-5-3-9-20(22)24;2*1-2-4-5-3-1;/h1-11,14-17H,12-13H2,(H,31,37,38);1-11,14-17H,12-13H2,(H,32,37,38);2-12,15-17H,13-14H2,1H3,(H,30,33,34);1-4H2;1H,(H,2,3,4,5);1H4. The normalized spacial score (nSPS) is 13.9. The maximum absolute atomic E-state index is 13.3. The number of nitrogens with zero attached hydrogens (tertiary/aromatic N) is 20. The van der Waals surface area contributed by atoms with E-state index in [1.54, 1.807) is 54.4 Å². The van der Waals surface area contributed by atoms with E-state index in [1.807, 2.05) is 236 Å². The van der Waals surface area contributed by atoms with Crippen LogP contribution in [0.15, 0.2) is 275 Å². The number of imide groups is 3. The van der Waals surface area contributed by atoms with Crippen molar-refractivity contribution in [1.29, 1.82) is 0 Å². The summed E-state index contributed by atoms with van der Waals surface area (Å²) in [6, 6.07) is 57.9. The smallest absolute Gasteiger partial charge is 0.264 e. The highest BCUT2D eigenvalue weighted by atomic mass is 32.2. The number of ether oxygens (including phenoxy) is 1. The Morgan fingerprint density at radius 1 is 0.392 bits per heavy atom. The van der Waals surface area contributed by atoms with E-state index in [2.05, 4.69) is 87.0 Å². The topological polar surface area (TPSA) is 401 Å². The van der Waals surface area contributed by atoms with E-state index >= 15 is 0 Å². The lowest BCUT2D eigenvalue weighted by Crippen LogP contribution is -2.22. The molecule has 0 atom stereocenters. The van der Waals surface area contributed by atoms with Gasteiger partial charge in [-0.2, -0.15) is 18.4 Å². The third-order valence-corrected chi connectivity index (χ3v) is 21.9. The average Bonchev–Trinajstić information content (AvgIpc) is 1.59. The molecule has 1 saturated heterocycles. The van der Waals surface area contributed by atoms with E-state index in [0.717, 1.165) is 102 Å². The number of fused-ring (bicyclic) bond motifs is 6. The van der Waals surface area contributed by atoms with Crippen molar-refractivity contribution >= 4 is 144 Å². The van der Waals surface area contributed by atoms with Gasteiger partial charge in [0.15, 0.2) is 12.7 Å². The molecule has 0 saturated carbocycles. The van der Waals surface area contributed by atoms with Crippen molar-refractivity contribution in [1.82, 2.24) is 119 Å². The first-order valence-corrected chi connectivity index (χ1v) is 41.1. The molecule has 6 amide bonds. The number of para-hydroxylation sites is 6. The first kappa shape index (κ1) is 81.1. The summed E-state index contributed by atoms with van der Waals surface area (Å²) in [5.74, 6) is -2.61. The summed E-state index contributed by atoms with van der Waals surface area (Å²) in [5, 5.41) is 47.9. The second-order valence-electron chi connectivity index (χ2n) is 28.8. The van der Waals surface area contributed by atoms with Crippen molar-refractivity contribution in [3.63, 3.8) is 0 Å². The Morgan fingerprint density at radius 2 is 0.752 bits per heavy atom. The molecule has 4 N–H and O–H groups in total. The van der Waals surface area contributed by atoms with Gasteiger partial charge in [-0.25, -0.2) is 4.68 Å². The maximum Gasteiger partial charge on any atom is 0.264 e. The van der Waals surface area contributed by atoms with Crippen LogP contribution in [-0.2, 0) is 80.5 Å². The number of amides is 6. The van der Waals surface area contributed by atoms with Crippen LogP contribution < -0.4 is 16.0 Å². The number of hydrogen-bond acceptors (Lipinski definition) is 22. The summed E-state index contributed by atoms with van der Waals surface area (Å²) >= 11 is 0. The number of carbonyl (C=O) groups is 6. The fourth-order valence-corrected chi connectivity index (χ4v) is 16.4. The number of aromatic nitrogens is 21. The zero-order chi connectivity index (χ0) is 84.8. The number of aromatic amines is 1. The Morgan fingerprint density at radius 3 is 1.06 bits per heavy atom. The number of carbonyl (C=O) groups excluding carboxylic acids is 6. The van der Waals surface area contributed by atoms with Crippen molar-refractivity contribution in [2.24, 2.45) is 0 Å². The van der Waals surface area contributed by atoms with E-state index in [0.29, 0.717) is 81.9 Å². The molecule has 0 aliphatic carbocycles. The molecule has 4 aliphatic heterocycles. The molecule has 1 fully saturated rings. The minimum Gasteiger partial charge on any atom is -0.381 e. The molecule has 35 heteroatoms. The molecule has 18 aromatic rings. The average molecular weight is 1690 g/mol. The molecule has 0 unspecified atom stereocenters. The van der Waals surface area contributed by atoms with Crippen LogP contribution in [0, 0.1) is 0 Å². The fourth-order valence-electron chi connectivity index (χ4n) is 16.0. The van der Waals surface area contributed by atoms with Crippen molar-refractivity contribution < 1.29 is 46.1 Å². The molecule has 125 heavy (non-hydrogen) atoms. The summed E-state index contributed by atoms with van der Waals surface area (Å²) in [6.07, 6.45) is 29.5. The zero-order valence-corrected chi connectivity index (χ0v) is 66.8. The number of hydrogen-bond donors (Lipinski definition) is 4. The minimum atomic E-state index is -3.60. The molecule has 16 heterocycles. The second kappa shape index (κ2) is 35.6. The van der Waals surface area contributed by atoms with E-state index in [4.69, 9.17) is 8.92 Å². The number of nitrogens with one attached hydrogen (secondary N) is 4. The lowest BCUT2D eigenvalue weighted by atomic mass is 9.95. The van der Waals surface area contributed by atoms with Gasteiger partial charge in [-0.1, -0.05) is 122 Å². The third kappa shape index (κ3) is 16.4. The van der Waals surface area contributed by atoms with Gasteiger partial charge in [-0.05, 0) is 101 Å². The van der Waals surface area contributed by atoms with Gasteiger partial charge in [0.1, 0.15) is 6.33 Å². The largest absolute Gasteiger partial charge is 0.381 e. The molecule has 0 bridgehead atoms. The number of H-pyrrole nitrogens is 1. The van der Waals surface area contributed by atoms with E-state index in [-0.39, 0.29) is 31.7 Å². The van der Waals surface area contributed by atoms with Crippen molar-refractivity contribution in [3.05, 3.63) is 309 Å². The number of tetrazole rings is 3. The van der Waals surface area contributed by atoms with Crippen molar-refractivity contribution in [3.8, 4) is 17.1 Å². The predicted molar refractivity (Wildman–Crippen MR) is 466 cm³/mol. The van der Waals surface area contributed by atoms with Gasteiger partial charge in [0.05, 0.1) is 112 Å². The van der Waals surface area contributed by atoms with Crippen LogP contribution in [0.5, 0.6) is 0 Å². The maximum atomic E-state index is 13.3. The van der Waals surface area contributed by atoms with Crippen LogP contribution in [0.4, 0.5) is 0 Å². The minimum absolute atomic E-state index is 0. The number of pyridine rings is 3. The molecule has 34 nitrogen and oxygen atoms in total. The van der Waals surface area contributed by atoms with Gasteiger partial charge < -0.3 is 32.1 Å². The quantitative estimate of drug-likeness (QED) is 0.0431. The molecule has 6 aromatic carbocycles. The van der Waals surface area contributed by atoms with E-state index in [9.17, 15) is 37.2 Å². The molecule has 22 rings (SSSR count). The zero-order valence-electron chi connectivity index (χ0n) is 66.0. The summed E-state index contributed by atoms with van der Waals surface area (Å²) in [5.41, 5.74) is 13.9. The van der Waals surface area contributed by atoms with E-state index < -0.39 is 45.6 Å². The fraction of sp³-hybridized carbons (Fsp3) is 0.133. The van der Waals surface area contributed by atoms with Gasteiger partial charge in [-0.3, -0.25) is 63.9 Å². The highest BCUT2D eigenvalue weighted by Gasteiger charge is 2.39. The predicted octanol–water partition coefficient (Wildman–Crippen LogP) is 10.6. The Bertz CT molecular complexity index is 7020. The summed E-state index contributed by atoms with van der Waals surface area (Å²) in [7, 11) is -3.60. The Balaban J connectivity index is 0.000000124. The number of aryl methyl sites for hydroxylation is 4. The van der Waals surface area contributed by atoms with Gasteiger partial charge in [0.25, 0.3) is 45.6 Å². The Labute approximate surface area is 710 Å². The van der Waals surface area contributed by atoms with Gasteiger partial charge in [0.2, 0.25) is 0 Å². The second-order valence-corrected chi connectivity index (χ2v) is 30.4. The molecule has 12 aromatic heterocycles. The van der Waals surface area contributed by atoms with Crippen LogP contribution in [0.25, 0.3) is 116 Å². The van der Waals surface area contributed by atoms with Crippen molar-refractivity contribution in [2.75, 3.05) is 26.1 Å². The Hall–Kier alpha value is -16.3. The lowest BCUT2D eigenvalue weighted by Gasteiger charge is -2.05. The SMILES string of the molecule is C.C1CCOC1.CS(=O)(=O)OCCn1cc(C2=C(c3cn(-c4cccnc4)c4ccccc34)C(=O)NC2=O)c2ccccc21.O=C1NC(=O)C(c2cn(-c3cccnc3)c3ccccc23)=C1c1cn(CCn2cnnn2)c2ccccc12.O=C1NC(=O)C(c2cn(-c3cccnc3)c3ccccc23)=C1c1cn(CCn2ncnn2)c2ccccc12.c1nn[nH]n1. The Kier molecular flexibility index (Phi) is 23.1. The van der Waals surface area contributed by atoms with Gasteiger partial charge in [-0.15, -0.1) is 25.5 Å². The molecule has 622 valence electrons. The van der Waals surface area contributed by atoms with Crippen LogP contribution in [0.1, 0.15) is 53.6 Å². The lowest BCUT2D eigenvalue weighted by molar-refractivity contribution is -0.124. The molecular weight excluding hydrogens is 1610 g/mol. The molecule has 0 radical (unpaired) electrons. The van der Waals surface area contributed by atoms with Crippen LogP contribution >= 0.6 is 0 Å². The van der Waals surface area contributed by atoms with Gasteiger partial charge in [0, 0.05) is 171 Å². The first-order chi connectivity index (χ1) is 60.7. The number of rotatable bonds is 19. The summed E-state index contributed by atoms with van der Waals surface area (Å²) in [4.78, 5) is 94.1. The third-order valence-electron chi connectivity index (χ3n) is 21.3. The summed E-state index contributed by atoms with van der Waals surface area (Å²) < 4.78 is 46.3. The van der Waals surface area contributed by atoms with E-state index in [1.165, 1.54) is 30.3 Å².